The van der Waals surface area contributed by atoms with Crippen LogP contribution in [0.2, 0.25) is 0 Å². The number of benzene rings is 3. The van der Waals surface area contributed by atoms with Gasteiger partial charge >= 0.3 is 0 Å². The van der Waals surface area contributed by atoms with Crippen molar-refractivity contribution < 1.29 is 33.3 Å². The molecule has 0 bridgehead atoms. The summed E-state index contributed by atoms with van der Waals surface area (Å²) in [6.45, 7) is 0.785. The Morgan fingerprint density at radius 3 is 2.24 bits per heavy atom. The first kappa shape index (κ1) is 28.0. The molecular formula is C31H30N4O7. The smallest absolute Gasteiger partial charge is 0.262 e. The molecule has 0 spiro atoms. The van der Waals surface area contributed by atoms with Gasteiger partial charge in [-0.3, -0.25) is 14.5 Å². The average Bonchev–Trinajstić information content (AvgIpc) is 3.29. The van der Waals surface area contributed by atoms with Crippen LogP contribution in [0.5, 0.6) is 0 Å². The molecular weight excluding hydrogens is 540 g/mol. The summed E-state index contributed by atoms with van der Waals surface area (Å²) in [5.41, 5.74) is 11.0. The van der Waals surface area contributed by atoms with E-state index in [1.807, 2.05) is 60.7 Å². The monoisotopic (exact) mass is 570 g/mol. The second-order valence-electron chi connectivity index (χ2n) is 10.2. The number of imide groups is 1. The molecule has 1 unspecified atom stereocenters. The minimum absolute atomic E-state index is 0.167. The third-order valence-corrected chi connectivity index (χ3v) is 7.54. The molecule has 0 aliphatic carbocycles. The van der Waals surface area contributed by atoms with Crippen LogP contribution >= 0.6 is 0 Å². The van der Waals surface area contributed by atoms with E-state index in [0.29, 0.717) is 17.5 Å². The lowest BCUT2D eigenvalue weighted by Crippen LogP contribution is -2.68. The molecule has 3 aromatic carbocycles. The lowest BCUT2D eigenvalue weighted by Gasteiger charge is -2.50. The van der Waals surface area contributed by atoms with E-state index in [-0.39, 0.29) is 26.4 Å². The lowest BCUT2D eigenvalue weighted by atomic mass is 9.94. The number of carbonyl (C=O) groups excluding carboxylic acids is 2. The standard InChI is InChI=1S/C31H30N4O7/c32-34-33-16-9-17-38-31-25(35-28(36)22-14-7-8-15-23(22)29(35)37)27(39-18-20-10-3-1-4-11-20)26-24(41-31)19-40-30(42-26)21-12-5-2-6-13-21/h1-8,10-15,24-27,30-31H,9,16-19H2/t24-,25-,26-,27-,30?,31-/m1/s1. The minimum Gasteiger partial charge on any atom is -0.368 e. The fraction of sp³-hybridized carbons (Fsp3) is 0.355. The molecule has 3 aromatic rings. The summed E-state index contributed by atoms with van der Waals surface area (Å²) in [7, 11) is 0. The molecule has 2 amide bonds. The number of ether oxygens (including phenoxy) is 5. The van der Waals surface area contributed by atoms with E-state index >= 15 is 0 Å². The zero-order valence-corrected chi connectivity index (χ0v) is 22.7. The molecule has 3 aliphatic heterocycles. The molecule has 11 nitrogen and oxygen atoms in total. The van der Waals surface area contributed by atoms with Crippen molar-refractivity contribution in [3.05, 3.63) is 118 Å². The largest absolute Gasteiger partial charge is 0.368 e. The van der Waals surface area contributed by atoms with Gasteiger partial charge in [-0.15, -0.1) is 0 Å². The molecule has 0 N–H and O–H groups in total. The van der Waals surface area contributed by atoms with Crippen LogP contribution in [0.25, 0.3) is 10.4 Å². The molecule has 11 heteroatoms. The highest BCUT2D eigenvalue weighted by molar-refractivity contribution is 6.21. The summed E-state index contributed by atoms with van der Waals surface area (Å²) < 4.78 is 31.6. The van der Waals surface area contributed by atoms with Crippen LogP contribution in [0.4, 0.5) is 0 Å². The maximum atomic E-state index is 13.8. The van der Waals surface area contributed by atoms with E-state index < -0.39 is 48.7 Å². The Morgan fingerprint density at radius 2 is 1.55 bits per heavy atom. The van der Waals surface area contributed by atoms with E-state index in [0.717, 1.165) is 11.1 Å². The first-order chi connectivity index (χ1) is 20.7. The van der Waals surface area contributed by atoms with Gasteiger partial charge in [-0.2, -0.15) is 0 Å². The Bertz CT molecular complexity index is 1410. The number of hydrogen-bond donors (Lipinski definition) is 0. The molecule has 216 valence electrons. The van der Waals surface area contributed by atoms with Crippen LogP contribution in [0.1, 0.15) is 44.6 Å². The van der Waals surface area contributed by atoms with Gasteiger partial charge < -0.3 is 23.7 Å². The molecule has 6 rings (SSSR count). The fourth-order valence-electron chi connectivity index (χ4n) is 5.56. The zero-order valence-electron chi connectivity index (χ0n) is 22.7. The van der Waals surface area contributed by atoms with E-state index in [1.165, 1.54) is 4.90 Å². The maximum Gasteiger partial charge on any atom is 0.262 e. The van der Waals surface area contributed by atoms with E-state index in [9.17, 15) is 9.59 Å². The predicted molar refractivity (Wildman–Crippen MR) is 149 cm³/mol. The van der Waals surface area contributed by atoms with Crippen molar-refractivity contribution in [2.24, 2.45) is 5.11 Å². The van der Waals surface area contributed by atoms with Crippen LogP contribution < -0.4 is 0 Å². The first-order valence-corrected chi connectivity index (χ1v) is 13.9. The van der Waals surface area contributed by atoms with Crippen LogP contribution in [0, 0.1) is 0 Å². The van der Waals surface area contributed by atoms with Gasteiger partial charge in [-0.1, -0.05) is 77.9 Å². The van der Waals surface area contributed by atoms with Crippen molar-refractivity contribution in [3.8, 4) is 0 Å². The van der Waals surface area contributed by atoms with Gasteiger partial charge in [0.2, 0.25) is 0 Å². The van der Waals surface area contributed by atoms with Crippen LogP contribution in [-0.4, -0.2) is 67.1 Å². The zero-order chi connectivity index (χ0) is 28.9. The lowest BCUT2D eigenvalue weighted by molar-refractivity contribution is -0.354. The van der Waals surface area contributed by atoms with Crippen molar-refractivity contribution in [2.75, 3.05) is 19.8 Å². The summed E-state index contributed by atoms with van der Waals surface area (Å²) in [5.74, 6) is -0.907. The van der Waals surface area contributed by atoms with Crippen LogP contribution in [-0.2, 0) is 30.3 Å². The molecule has 0 aromatic heterocycles. The molecule has 42 heavy (non-hydrogen) atoms. The average molecular weight is 571 g/mol. The number of carbonyl (C=O) groups is 2. The Balaban J connectivity index is 1.35. The highest BCUT2D eigenvalue weighted by Crippen LogP contribution is 2.40. The van der Waals surface area contributed by atoms with Gasteiger partial charge in [-0.25, -0.2) is 0 Å². The van der Waals surface area contributed by atoms with Crippen molar-refractivity contribution in [1.82, 2.24) is 4.90 Å². The summed E-state index contributed by atoms with van der Waals surface area (Å²) in [4.78, 5) is 31.5. The predicted octanol–water partition coefficient (Wildman–Crippen LogP) is 4.79. The second-order valence-corrected chi connectivity index (χ2v) is 10.2. The van der Waals surface area contributed by atoms with Gasteiger partial charge in [0.15, 0.2) is 12.6 Å². The Morgan fingerprint density at radius 1 is 0.881 bits per heavy atom. The van der Waals surface area contributed by atoms with Crippen molar-refractivity contribution in [2.45, 2.75) is 50.0 Å². The Labute approximate surface area is 242 Å². The third-order valence-electron chi connectivity index (χ3n) is 7.54. The number of amides is 2. The van der Waals surface area contributed by atoms with Crippen LogP contribution in [0.3, 0.4) is 0 Å². The number of rotatable bonds is 10. The molecule has 3 heterocycles. The summed E-state index contributed by atoms with van der Waals surface area (Å²) in [6.07, 6.45) is -3.41. The fourth-order valence-corrected chi connectivity index (χ4v) is 5.56. The summed E-state index contributed by atoms with van der Waals surface area (Å²) in [5, 5.41) is 3.56. The molecule has 0 radical (unpaired) electrons. The molecule has 3 aliphatic rings. The van der Waals surface area contributed by atoms with E-state index in [1.54, 1.807) is 24.3 Å². The second kappa shape index (κ2) is 12.8. The summed E-state index contributed by atoms with van der Waals surface area (Å²) in [6, 6.07) is 24.9. The molecule has 0 saturated carbocycles. The van der Waals surface area contributed by atoms with Crippen LogP contribution in [0.15, 0.2) is 90.0 Å². The Hall–Kier alpha value is -4.09. The van der Waals surface area contributed by atoms with Gasteiger partial charge in [0.25, 0.3) is 11.8 Å². The third kappa shape index (κ3) is 5.66. The van der Waals surface area contributed by atoms with Crippen molar-refractivity contribution >= 4 is 11.8 Å². The highest BCUT2D eigenvalue weighted by Gasteiger charge is 2.57. The summed E-state index contributed by atoms with van der Waals surface area (Å²) >= 11 is 0. The van der Waals surface area contributed by atoms with E-state index in [2.05, 4.69) is 10.0 Å². The number of azide groups is 1. The number of hydrogen-bond acceptors (Lipinski definition) is 8. The van der Waals surface area contributed by atoms with Gasteiger partial charge in [0, 0.05) is 23.6 Å². The normalized spacial score (nSPS) is 26.8. The molecule has 2 saturated heterocycles. The molecule has 6 atom stereocenters. The number of fused-ring (bicyclic) bond motifs is 2. The first-order valence-electron chi connectivity index (χ1n) is 13.9. The number of nitrogens with zero attached hydrogens (tertiary/aromatic N) is 4. The van der Waals surface area contributed by atoms with E-state index in [4.69, 9.17) is 29.2 Å². The topological polar surface area (TPSA) is 132 Å². The highest BCUT2D eigenvalue weighted by atomic mass is 16.7. The SMILES string of the molecule is [N-]=[N+]=NCCCO[C@@H]1O[C@@H]2COC(c3ccccc3)O[C@H]2[C@H](OCc2ccccc2)[C@H]1N1C(=O)c2ccccc2C1=O. The van der Waals surface area contributed by atoms with Crippen molar-refractivity contribution in [3.63, 3.8) is 0 Å². The maximum absolute atomic E-state index is 13.8. The Kier molecular flexibility index (Phi) is 8.57. The van der Waals surface area contributed by atoms with Gasteiger partial charge in [-0.05, 0) is 29.6 Å². The van der Waals surface area contributed by atoms with Gasteiger partial charge in [0.05, 0.1) is 24.3 Å². The van der Waals surface area contributed by atoms with Gasteiger partial charge in [0.1, 0.15) is 24.4 Å². The quantitative estimate of drug-likeness (QED) is 0.113. The molecule has 2 fully saturated rings. The minimum atomic E-state index is -1.04. The van der Waals surface area contributed by atoms with Crippen molar-refractivity contribution in [1.29, 1.82) is 0 Å².